The number of hydrogen-bond donors (Lipinski definition) is 2. The van der Waals surface area contributed by atoms with E-state index < -0.39 is 0 Å². The maximum Gasteiger partial charge on any atom is 0.217 e. The number of fused-ring (bicyclic) bond motifs is 2. The van der Waals surface area contributed by atoms with Crippen LogP contribution in [-0.2, 0) is 0 Å². The lowest BCUT2D eigenvalue weighted by molar-refractivity contribution is 0.226. The van der Waals surface area contributed by atoms with E-state index in [9.17, 15) is 10.2 Å². The van der Waals surface area contributed by atoms with Crippen LogP contribution >= 0.6 is 0 Å². The van der Waals surface area contributed by atoms with Crippen molar-refractivity contribution in [1.29, 1.82) is 0 Å². The van der Waals surface area contributed by atoms with E-state index in [2.05, 4.69) is 49.2 Å². The maximum absolute atomic E-state index is 10.6. The third-order valence-corrected chi connectivity index (χ3v) is 6.98. The molecular formula is C32H32N2O3. The summed E-state index contributed by atoms with van der Waals surface area (Å²) in [6.07, 6.45) is 4.44. The van der Waals surface area contributed by atoms with Crippen LogP contribution in [0.25, 0.3) is 44.2 Å². The van der Waals surface area contributed by atoms with Crippen molar-refractivity contribution in [3.63, 3.8) is 0 Å². The van der Waals surface area contributed by atoms with Gasteiger partial charge in [0.05, 0.1) is 12.3 Å². The van der Waals surface area contributed by atoms with Gasteiger partial charge in [-0.15, -0.1) is 0 Å². The summed E-state index contributed by atoms with van der Waals surface area (Å²) in [6, 6.07) is 25.2. The molecule has 0 saturated carbocycles. The molecule has 188 valence electrons. The zero-order valence-corrected chi connectivity index (χ0v) is 21.3. The van der Waals surface area contributed by atoms with E-state index in [1.807, 2.05) is 30.3 Å². The number of unbranched alkanes of at least 4 members (excludes halogenated alkanes) is 1. The van der Waals surface area contributed by atoms with Crippen molar-refractivity contribution in [2.75, 3.05) is 6.61 Å². The maximum atomic E-state index is 10.6. The lowest BCUT2D eigenvalue weighted by atomic mass is 9.94. The molecule has 0 aliphatic rings. The average Bonchev–Trinajstić information content (AvgIpc) is 2.91. The van der Waals surface area contributed by atoms with Crippen LogP contribution in [0.4, 0.5) is 0 Å². The summed E-state index contributed by atoms with van der Waals surface area (Å²) < 4.78 is 6.27. The van der Waals surface area contributed by atoms with Crippen molar-refractivity contribution in [3.8, 4) is 40.0 Å². The van der Waals surface area contributed by atoms with Gasteiger partial charge in [-0.2, -0.15) is 4.98 Å². The summed E-state index contributed by atoms with van der Waals surface area (Å²) in [4.78, 5) is 9.53. The molecule has 1 atom stereocenters. The number of aromatic nitrogens is 2. The number of nitrogens with zero attached hydrogens (tertiary/aromatic N) is 2. The van der Waals surface area contributed by atoms with Crippen LogP contribution in [0.15, 0.2) is 78.9 Å². The van der Waals surface area contributed by atoms with Gasteiger partial charge in [0, 0.05) is 11.6 Å². The van der Waals surface area contributed by atoms with E-state index in [1.54, 1.807) is 6.07 Å². The standard InChI is InChI=1S/C32H32N2O3/c1-3-5-11-21(4-2)20-37-29-19-26(33-32(34-29)31-27(35)16-10-17-28(31)36)30-24-14-8-6-12-22(24)18-23-13-7-9-15-25(23)30/h6-10,12-19,21,35-36H,3-5,11,20H2,1-2H3. The van der Waals surface area contributed by atoms with Crippen molar-refractivity contribution in [1.82, 2.24) is 9.97 Å². The van der Waals surface area contributed by atoms with Gasteiger partial charge in [0.1, 0.15) is 17.1 Å². The molecule has 1 aromatic heterocycles. The van der Waals surface area contributed by atoms with Crippen LogP contribution < -0.4 is 4.74 Å². The molecule has 5 rings (SSSR count). The largest absolute Gasteiger partial charge is 0.507 e. The van der Waals surface area contributed by atoms with E-state index >= 15 is 0 Å². The first-order valence-corrected chi connectivity index (χ1v) is 13.0. The number of hydrogen-bond acceptors (Lipinski definition) is 5. The van der Waals surface area contributed by atoms with E-state index in [4.69, 9.17) is 9.72 Å². The first-order chi connectivity index (χ1) is 18.1. The van der Waals surface area contributed by atoms with Gasteiger partial charge in [-0.3, -0.25) is 0 Å². The first kappa shape index (κ1) is 24.6. The lowest BCUT2D eigenvalue weighted by Gasteiger charge is -2.17. The van der Waals surface area contributed by atoms with Gasteiger partial charge in [0.15, 0.2) is 5.82 Å². The Hall–Kier alpha value is -4.12. The molecule has 0 saturated heterocycles. The van der Waals surface area contributed by atoms with Crippen LogP contribution in [0.2, 0.25) is 0 Å². The Kier molecular flexibility index (Phi) is 7.22. The summed E-state index contributed by atoms with van der Waals surface area (Å²) in [6.45, 7) is 4.93. The van der Waals surface area contributed by atoms with Crippen molar-refractivity contribution in [2.24, 2.45) is 5.92 Å². The second-order valence-corrected chi connectivity index (χ2v) is 9.51. The number of rotatable bonds is 9. The molecule has 4 aromatic carbocycles. The number of aromatic hydroxyl groups is 2. The fraction of sp³-hybridized carbons (Fsp3) is 0.250. The van der Waals surface area contributed by atoms with Crippen LogP contribution in [0.5, 0.6) is 17.4 Å². The summed E-state index contributed by atoms with van der Waals surface area (Å²) in [5.74, 6) is 0.913. The Bertz CT molecular complexity index is 1470. The van der Waals surface area contributed by atoms with E-state index in [0.717, 1.165) is 52.8 Å². The predicted octanol–water partition coefficient (Wildman–Crippen LogP) is 8.12. The number of ether oxygens (including phenoxy) is 1. The summed E-state index contributed by atoms with van der Waals surface area (Å²) in [5.41, 5.74) is 1.84. The Morgan fingerprint density at radius 1 is 0.757 bits per heavy atom. The third-order valence-electron chi connectivity index (χ3n) is 6.98. The van der Waals surface area contributed by atoms with Gasteiger partial charge < -0.3 is 14.9 Å². The van der Waals surface area contributed by atoms with Crippen LogP contribution in [0, 0.1) is 5.92 Å². The second kappa shape index (κ2) is 10.9. The Morgan fingerprint density at radius 3 is 2.03 bits per heavy atom. The topological polar surface area (TPSA) is 75.5 Å². The Labute approximate surface area is 217 Å². The number of phenolic OH excluding ortho intramolecular Hbond substituents is 2. The molecule has 5 heteroatoms. The molecule has 0 radical (unpaired) electrons. The molecule has 1 unspecified atom stereocenters. The zero-order valence-electron chi connectivity index (χ0n) is 21.3. The molecule has 0 spiro atoms. The summed E-state index contributed by atoms with van der Waals surface area (Å²) in [5, 5.41) is 25.6. The van der Waals surface area contributed by atoms with Crippen LogP contribution in [0.3, 0.4) is 0 Å². The van der Waals surface area contributed by atoms with E-state index in [0.29, 0.717) is 24.1 Å². The van der Waals surface area contributed by atoms with Gasteiger partial charge in [0.2, 0.25) is 5.88 Å². The molecule has 5 nitrogen and oxygen atoms in total. The summed E-state index contributed by atoms with van der Waals surface area (Å²) in [7, 11) is 0. The Balaban J connectivity index is 1.71. The molecule has 0 aliphatic carbocycles. The van der Waals surface area contributed by atoms with Gasteiger partial charge in [0.25, 0.3) is 0 Å². The fourth-order valence-corrected chi connectivity index (χ4v) is 4.89. The molecule has 0 amide bonds. The van der Waals surface area contributed by atoms with Crippen molar-refractivity contribution in [3.05, 3.63) is 78.9 Å². The average molecular weight is 493 g/mol. The SMILES string of the molecule is CCCCC(CC)COc1cc(-c2c3ccccc3cc3ccccc23)nc(-c2c(O)cccc2O)n1. The number of benzene rings is 4. The zero-order chi connectivity index (χ0) is 25.8. The molecule has 0 aliphatic heterocycles. The molecule has 37 heavy (non-hydrogen) atoms. The predicted molar refractivity (Wildman–Crippen MR) is 150 cm³/mol. The smallest absolute Gasteiger partial charge is 0.217 e. The highest BCUT2D eigenvalue weighted by Gasteiger charge is 2.19. The highest BCUT2D eigenvalue weighted by atomic mass is 16.5. The third kappa shape index (κ3) is 5.08. The van der Waals surface area contributed by atoms with E-state index in [-0.39, 0.29) is 22.9 Å². The minimum atomic E-state index is -0.0831. The first-order valence-electron chi connectivity index (χ1n) is 13.0. The minimum absolute atomic E-state index is 0.0831. The quantitative estimate of drug-likeness (QED) is 0.203. The van der Waals surface area contributed by atoms with Crippen molar-refractivity contribution in [2.45, 2.75) is 39.5 Å². The Morgan fingerprint density at radius 2 is 1.41 bits per heavy atom. The number of phenols is 2. The monoisotopic (exact) mass is 492 g/mol. The minimum Gasteiger partial charge on any atom is -0.507 e. The highest BCUT2D eigenvalue weighted by molar-refractivity contribution is 6.12. The van der Waals surface area contributed by atoms with Crippen molar-refractivity contribution >= 4 is 21.5 Å². The summed E-state index contributed by atoms with van der Waals surface area (Å²) >= 11 is 0. The van der Waals surface area contributed by atoms with Crippen LogP contribution in [0.1, 0.15) is 39.5 Å². The highest BCUT2D eigenvalue weighted by Crippen LogP contribution is 2.40. The normalized spacial score (nSPS) is 12.2. The molecular weight excluding hydrogens is 460 g/mol. The van der Waals surface area contributed by atoms with Gasteiger partial charge in [-0.25, -0.2) is 4.98 Å². The van der Waals surface area contributed by atoms with Crippen molar-refractivity contribution < 1.29 is 14.9 Å². The van der Waals surface area contributed by atoms with Crippen LogP contribution in [-0.4, -0.2) is 26.8 Å². The van der Waals surface area contributed by atoms with Gasteiger partial charge >= 0.3 is 0 Å². The molecule has 5 aromatic rings. The van der Waals surface area contributed by atoms with Gasteiger partial charge in [-0.05, 0) is 52.1 Å². The van der Waals surface area contributed by atoms with Gasteiger partial charge in [-0.1, -0.05) is 87.7 Å². The molecule has 0 bridgehead atoms. The second-order valence-electron chi connectivity index (χ2n) is 9.51. The lowest BCUT2D eigenvalue weighted by Crippen LogP contribution is -2.12. The molecule has 1 heterocycles. The fourth-order valence-electron chi connectivity index (χ4n) is 4.89. The molecule has 2 N–H and O–H groups in total. The molecule has 0 fully saturated rings. The van der Waals surface area contributed by atoms with E-state index in [1.165, 1.54) is 12.1 Å².